The van der Waals surface area contributed by atoms with Gasteiger partial charge in [-0.15, -0.1) is 10.2 Å². The van der Waals surface area contributed by atoms with Gasteiger partial charge in [0.05, 0.1) is 12.9 Å². The molecule has 0 bridgehead atoms. The van der Waals surface area contributed by atoms with E-state index in [1.165, 1.54) is 29.5 Å². The Labute approximate surface area is 172 Å². The molecular formula is C19H24N4O3S2. The molecule has 1 N–H and O–H groups in total. The second kappa shape index (κ2) is 9.38. The molecule has 1 aromatic heterocycles. The Morgan fingerprint density at radius 3 is 2.75 bits per heavy atom. The number of likely N-dealkylation sites (tertiary alicyclic amines) is 1. The standard InChI is InChI=1S/C19H24N4O3S2/c1-12-6-4-7-13(2)23(12)16(24)11-27-19-22-21-18(28-19)20-17(25)14-8-5-9-15(10-14)26-3/h5,8-10,12-13H,4,6-7,11H2,1-3H3,(H,20,21,25)/t12-,13-/m0/s1. The van der Waals surface area contributed by atoms with Crippen LogP contribution in [0.4, 0.5) is 5.13 Å². The summed E-state index contributed by atoms with van der Waals surface area (Å²) in [6.45, 7) is 4.21. The van der Waals surface area contributed by atoms with Crippen LogP contribution in [0.5, 0.6) is 5.75 Å². The molecule has 1 aliphatic heterocycles. The van der Waals surface area contributed by atoms with Crippen molar-refractivity contribution in [3.63, 3.8) is 0 Å². The van der Waals surface area contributed by atoms with Gasteiger partial charge in [0.25, 0.3) is 5.91 Å². The minimum atomic E-state index is -0.279. The van der Waals surface area contributed by atoms with Crippen molar-refractivity contribution < 1.29 is 14.3 Å². The predicted molar refractivity (Wildman–Crippen MR) is 111 cm³/mol. The lowest BCUT2D eigenvalue weighted by Gasteiger charge is -2.39. The predicted octanol–water partition coefficient (Wildman–Crippen LogP) is 3.68. The molecule has 3 rings (SSSR count). The van der Waals surface area contributed by atoms with Crippen molar-refractivity contribution in [2.24, 2.45) is 0 Å². The van der Waals surface area contributed by atoms with Gasteiger partial charge in [0, 0.05) is 17.6 Å². The molecule has 0 saturated carbocycles. The Morgan fingerprint density at radius 2 is 2.04 bits per heavy atom. The Morgan fingerprint density at radius 1 is 1.29 bits per heavy atom. The Kier molecular flexibility index (Phi) is 6.90. The molecule has 0 unspecified atom stereocenters. The largest absolute Gasteiger partial charge is 0.497 e. The van der Waals surface area contributed by atoms with Crippen LogP contribution in [0.25, 0.3) is 0 Å². The van der Waals surface area contributed by atoms with Crippen LogP contribution in [0, 0.1) is 0 Å². The van der Waals surface area contributed by atoms with E-state index in [0.717, 1.165) is 12.8 Å². The van der Waals surface area contributed by atoms with Crippen molar-refractivity contribution in [2.75, 3.05) is 18.2 Å². The maximum Gasteiger partial charge on any atom is 0.257 e. The molecule has 2 atom stereocenters. The van der Waals surface area contributed by atoms with Crippen LogP contribution in [-0.2, 0) is 4.79 Å². The number of piperidine rings is 1. The van der Waals surface area contributed by atoms with Gasteiger partial charge in [-0.2, -0.15) is 0 Å². The monoisotopic (exact) mass is 420 g/mol. The number of anilines is 1. The van der Waals surface area contributed by atoms with E-state index in [1.54, 1.807) is 31.4 Å². The maximum atomic E-state index is 12.6. The maximum absolute atomic E-state index is 12.6. The second-order valence-corrected chi connectivity index (χ2v) is 8.98. The Balaban J connectivity index is 1.55. The number of amides is 2. The average Bonchev–Trinajstić information content (AvgIpc) is 3.13. The van der Waals surface area contributed by atoms with Crippen LogP contribution in [0.1, 0.15) is 43.5 Å². The van der Waals surface area contributed by atoms with Gasteiger partial charge in [0.1, 0.15) is 5.75 Å². The first kappa shape index (κ1) is 20.6. The van der Waals surface area contributed by atoms with Crippen molar-refractivity contribution in [1.82, 2.24) is 15.1 Å². The topological polar surface area (TPSA) is 84.4 Å². The van der Waals surface area contributed by atoms with Crippen LogP contribution < -0.4 is 10.1 Å². The van der Waals surface area contributed by atoms with Crippen molar-refractivity contribution in [2.45, 2.75) is 49.5 Å². The number of hydrogen-bond acceptors (Lipinski definition) is 7. The zero-order valence-electron chi connectivity index (χ0n) is 16.2. The van der Waals surface area contributed by atoms with Crippen molar-refractivity contribution in [3.8, 4) is 5.75 Å². The fourth-order valence-corrected chi connectivity index (χ4v) is 4.98. The van der Waals surface area contributed by atoms with Crippen molar-refractivity contribution >= 4 is 40.0 Å². The quantitative estimate of drug-likeness (QED) is 0.567. The third-order valence-corrected chi connectivity index (χ3v) is 6.72. The fourth-order valence-electron chi connectivity index (χ4n) is 3.36. The summed E-state index contributed by atoms with van der Waals surface area (Å²) >= 11 is 2.62. The van der Waals surface area contributed by atoms with Gasteiger partial charge in [-0.05, 0) is 51.3 Å². The summed E-state index contributed by atoms with van der Waals surface area (Å²) in [7, 11) is 1.55. The van der Waals surface area contributed by atoms with Gasteiger partial charge >= 0.3 is 0 Å². The highest BCUT2D eigenvalue weighted by molar-refractivity contribution is 8.01. The number of carbonyl (C=O) groups is 2. The number of nitrogens with one attached hydrogen (secondary N) is 1. The lowest BCUT2D eigenvalue weighted by atomic mass is 9.98. The number of carbonyl (C=O) groups excluding carboxylic acids is 2. The molecule has 7 nitrogen and oxygen atoms in total. The second-order valence-electron chi connectivity index (χ2n) is 6.78. The zero-order valence-corrected chi connectivity index (χ0v) is 17.8. The summed E-state index contributed by atoms with van der Waals surface area (Å²) in [6.07, 6.45) is 3.28. The van der Waals surface area contributed by atoms with Gasteiger partial charge in [0.2, 0.25) is 11.0 Å². The first-order valence-electron chi connectivity index (χ1n) is 9.21. The number of rotatable bonds is 6. The van der Waals surface area contributed by atoms with E-state index >= 15 is 0 Å². The SMILES string of the molecule is COc1cccc(C(=O)Nc2nnc(SCC(=O)N3[C@@H](C)CCC[C@@H]3C)s2)c1. The molecule has 1 aliphatic rings. The highest BCUT2D eigenvalue weighted by Crippen LogP contribution is 2.28. The summed E-state index contributed by atoms with van der Waals surface area (Å²) in [5.41, 5.74) is 0.479. The zero-order chi connectivity index (χ0) is 20.1. The van der Waals surface area contributed by atoms with E-state index in [2.05, 4.69) is 29.4 Å². The molecule has 150 valence electrons. The lowest BCUT2D eigenvalue weighted by Crippen LogP contribution is -2.48. The smallest absolute Gasteiger partial charge is 0.257 e. The normalized spacial score (nSPS) is 19.3. The molecule has 1 fully saturated rings. The van der Waals surface area contributed by atoms with E-state index in [0.29, 0.717) is 26.5 Å². The van der Waals surface area contributed by atoms with Gasteiger partial charge in [-0.3, -0.25) is 14.9 Å². The highest BCUT2D eigenvalue weighted by Gasteiger charge is 2.28. The van der Waals surface area contributed by atoms with E-state index in [9.17, 15) is 9.59 Å². The molecule has 2 amide bonds. The summed E-state index contributed by atoms with van der Waals surface area (Å²) in [4.78, 5) is 26.9. The van der Waals surface area contributed by atoms with Crippen LogP contribution in [0.15, 0.2) is 28.6 Å². The fraction of sp³-hybridized carbons (Fsp3) is 0.474. The van der Waals surface area contributed by atoms with Crippen LogP contribution in [0.2, 0.25) is 0 Å². The number of methoxy groups -OCH3 is 1. The van der Waals surface area contributed by atoms with Crippen molar-refractivity contribution in [1.29, 1.82) is 0 Å². The molecule has 1 saturated heterocycles. The molecule has 0 aliphatic carbocycles. The number of benzene rings is 1. The van der Waals surface area contributed by atoms with Gasteiger partial charge in [-0.1, -0.05) is 29.2 Å². The van der Waals surface area contributed by atoms with E-state index in [-0.39, 0.29) is 23.9 Å². The minimum absolute atomic E-state index is 0.127. The summed E-state index contributed by atoms with van der Waals surface area (Å²) in [6, 6.07) is 7.45. The summed E-state index contributed by atoms with van der Waals surface area (Å²) < 4.78 is 5.79. The van der Waals surface area contributed by atoms with E-state index < -0.39 is 0 Å². The number of ether oxygens (including phenoxy) is 1. The molecule has 28 heavy (non-hydrogen) atoms. The first-order valence-corrected chi connectivity index (χ1v) is 11.0. The van der Waals surface area contributed by atoms with Crippen LogP contribution >= 0.6 is 23.1 Å². The van der Waals surface area contributed by atoms with E-state index in [4.69, 9.17) is 4.74 Å². The van der Waals surface area contributed by atoms with Gasteiger partial charge < -0.3 is 9.64 Å². The summed E-state index contributed by atoms with van der Waals surface area (Å²) in [5.74, 6) is 0.786. The number of hydrogen-bond donors (Lipinski definition) is 1. The van der Waals surface area contributed by atoms with Crippen molar-refractivity contribution in [3.05, 3.63) is 29.8 Å². The highest BCUT2D eigenvalue weighted by atomic mass is 32.2. The molecule has 2 heterocycles. The third kappa shape index (κ3) is 5.02. The van der Waals surface area contributed by atoms with E-state index in [1.807, 2.05) is 4.90 Å². The molecule has 1 aromatic carbocycles. The molecular weight excluding hydrogens is 396 g/mol. The molecule has 2 aromatic rings. The third-order valence-electron chi connectivity index (χ3n) is 4.76. The summed E-state index contributed by atoms with van der Waals surface area (Å²) in [5, 5.41) is 11.2. The first-order chi connectivity index (χ1) is 13.5. The van der Waals surface area contributed by atoms with Crippen LogP contribution in [-0.4, -0.2) is 51.9 Å². The van der Waals surface area contributed by atoms with Gasteiger partial charge in [0.15, 0.2) is 4.34 Å². The number of nitrogens with zero attached hydrogens (tertiary/aromatic N) is 3. The molecule has 0 radical (unpaired) electrons. The molecule has 0 spiro atoms. The van der Waals surface area contributed by atoms with Crippen LogP contribution in [0.3, 0.4) is 0 Å². The Hall–Kier alpha value is -2.13. The molecule has 9 heteroatoms. The average molecular weight is 421 g/mol. The lowest BCUT2D eigenvalue weighted by molar-refractivity contribution is -0.134. The van der Waals surface area contributed by atoms with Gasteiger partial charge in [-0.25, -0.2) is 0 Å². The Bertz CT molecular complexity index is 832. The minimum Gasteiger partial charge on any atom is -0.497 e. The number of thioether (sulfide) groups is 1. The number of aromatic nitrogens is 2.